The van der Waals surface area contributed by atoms with Crippen LogP contribution < -0.4 is 45.6 Å². The Morgan fingerprint density at radius 2 is 0.722 bits per heavy atom. The molecular formula is C72H114N6O12. The Bertz CT molecular complexity index is 4030. The van der Waals surface area contributed by atoms with Crippen LogP contribution >= 0.6 is 0 Å². The molecule has 0 spiro atoms. The van der Waals surface area contributed by atoms with Crippen LogP contribution in [0.25, 0.3) is 0 Å². The summed E-state index contributed by atoms with van der Waals surface area (Å²) in [6.07, 6.45) is -16.7. The first-order valence-electron chi connectivity index (χ1n) is 45.4. The van der Waals surface area contributed by atoms with Crippen molar-refractivity contribution < 1.29 is 98.1 Å². The third-order valence-corrected chi connectivity index (χ3v) is 16.9. The Hall–Kier alpha value is -5.37. The average Bonchev–Trinajstić information content (AvgIpc) is 0.711. The van der Waals surface area contributed by atoms with Crippen molar-refractivity contribution in [3.05, 3.63) is 69.8 Å². The van der Waals surface area contributed by atoms with Gasteiger partial charge in [0.05, 0.1) is 59.0 Å². The third kappa shape index (κ3) is 17.5. The summed E-state index contributed by atoms with van der Waals surface area (Å²) in [5.41, 5.74) is 20.9. The predicted octanol–water partition coefficient (Wildman–Crippen LogP) is 10.7. The van der Waals surface area contributed by atoms with Gasteiger partial charge in [-0.05, 0) is 144 Å². The molecule has 15 atom stereocenters. The van der Waals surface area contributed by atoms with E-state index in [-0.39, 0.29) is 74.5 Å². The summed E-state index contributed by atoms with van der Waals surface area (Å²) in [5.74, 6) is -16.3. The van der Waals surface area contributed by atoms with Gasteiger partial charge in [-0.15, -0.1) is 0 Å². The van der Waals surface area contributed by atoms with Gasteiger partial charge in [0, 0.05) is 119 Å². The topological polar surface area (TPSA) is 222 Å². The highest BCUT2D eigenvalue weighted by Crippen LogP contribution is 2.48. The molecule has 90 heavy (non-hydrogen) atoms. The van der Waals surface area contributed by atoms with Crippen molar-refractivity contribution in [2.24, 2.45) is 70.4 Å². The molecule has 9 rings (SSSR count). The molecule has 0 radical (unpaired) electrons. The summed E-state index contributed by atoms with van der Waals surface area (Å²) in [4.78, 5) is 43.9. The molecule has 504 valence electrons. The summed E-state index contributed by atoms with van der Waals surface area (Å²) in [5, 5.41) is 0. The second-order valence-corrected chi connectivity index (χ2v) is 24.3. The lowest BCUT2D eigenvalue weighted by atomic mass is 9.79. The van der Waals surface area contributed by atoms with Crippen molar-refractivity contribution in [1.29, 1.82) is 0 Å². The summed E-state index contributed by atoms with van der Waals surface area (Å²) in [6, 6.07) is 0.437. The van der Waals surface area contributed by atoms with E-state index in [0.717, 1.165) is 26.3 Å². The van der Waals surface area contributed by atoms with E-state index in [1.165, 1.54) is 52.7 Å². The van der Waals surface area contributed by atoms with Crippen LogP contribution in [0.3, 0.4) is 0 Å². The van der Waals surface area contributed by atoms with Crippen LogP contribution in [-0.4, -0.2) is 151 Å². The zero-order valence-corrected chi connectivity index (χ0v) is 54.1. The first-order valence-corrected chi connectivity index (χ1v) is 30.4. The second kappa shape index (κ2) is 32.5. The number of rotatable bonds is 21. The zero-order valence-electron chi connectivity index (χ0n) is 84.1. The van der Waals surface area contributed by atoms with Crippen molar-refractivity contribution in [2.45, 2.75) is 195 Å². The molecule has 3 aromatic rings. The number of nitrogens with two attached hydrogens (primary N) is 3. The van der Waals surface area contributed by atoms with Gasteiger partial charge < -0.3 is 59.8 Å². The van der Waals surface area contributed by atoms with Gasteiger partial charge in [0.2, 0.25) is 0 Å². The van der Waals surface area contributed by atoms with Gasteiger partial charge in [-0.1, -0.05) is 82.9 Å². The van der Waals surface area contributed by atoms with E-state index in [0.29, 0.717) is 52.3 Å². The van der Waals surface area contributed by atoms with Crippen LogP contribution in [0.1, 0.15) is 214 Å². The maximum Gasteiger partial charge on any atom is 0.323 e. The number of piperidine rings is 3. The van der Waals surface area contributed by atoms with Crippen molar-refractivity contribution in [3.8, 4) is 34.5 Å². The molecule has 18 heteroatoms. The monoisotopic (exact) mass is 1290 g/mol. The fourth-order valence-electron chi connectivity index (χ4n) is 11.7. The van der Waals surface area contributed by atoms with Gasteiger partial charge in [-0.2, -0.15) is 0 Å². The molecule has 0 saturated carbocycles. The fraction of sp³-hybridized carbons (Fsp3) is 0.708. The van der Waals surface area contributed by atoms with Crippen LogP contribution in [0.4, 0.5) is 0 Å². The molecule has 0 amide bonds. The molecule has 3 saturated heterocycles. The number of esters is 3. The predicted molar refractivity (Wildman–Crippen MR) is 353 cm³/mol. The number of fused-ring (bicyclic) bond motifs is 9. The highest BCUT2D eigenvalue weighted by molar-refractivity contribution is 5.77. The molecule has 0 aromatic heterocycles. The minimum Gasteiger partial charge on any atom is -0.493 e. The number of hydrogen-bond acceptors (Lipinski definition) is 18. The lowest BCUT2D eigenvalue weighted by molar-refractivity contribution is -0.161. The van der Waals surface area contributed by atoms with E-state index in [9.17, 15) is 22.6 Å². The summed E-state index contributed by atoms with van der Waals surface area (Å²) >= 11 is 0. The van der Waals surface area contributed by atoms with Gasteiger partial charge in [-0.3, -0.25) is 29.1 Å². The summed E-state index contributed by atoms with van der Waals surface area (Å²) < 4.78 is 299. The van der Waals surface area contributed by atoms with Gasteiger partial charge in [0.25, 0.3) is 0 Å². The van der Waals surface area contributed by atoms with Crippen molar-refractivity contribution in [1.82, 2.24) is 14.7 Å². The van der Waals surface area contributed by atoms with Crippen molar-refractivity contribution >= 4 is 17.9 Å². The molecule has 0 aliphatic carbocycles. The number of nitrogens with zero attached hydrogens (tertiary/aromatic N) is 3. The van der Waals surface area contributed by atoms with E-state index in [2.05, 4.69) is 0 Å². The number of carbonyl (C=O) groups is 3. The number of ether oxygens (including phenoxy) is 9. The average molecular weight is 1290 g/mol. The molecule has 3 fully saturated rings. The SMILES string of the molecule is [2H]C([2H])([2H])Oc1cc2c(cc1OC)C1([2H])CC([2H])(OC(=O)[C@@H](N)C(C)C)C(C([2H])([2H])C([2H])(C)C([2H])([2H])[2H])CN1CC2.[2H]C([2H])([2H])Oc1cc2c(cc1OC)C1([2H])CC([2H])(OC(=O)[C@@H](N)C(C)C)C(C([2H])([2H])C([2H])(C)C([2H])([2H])[2H])CN1CC2.[2H]C1(OC(=O)[C@@H](N)C(C)C)CC2([2H])c3cc(OC)c(OC)cc3CCN2CC1C([2H])([2H])C([2H])(C)C([2H])([2H])[2H]. The Morgan fingerprint density at radius 1 is 0.467 bits per heavy atom. The van der Waals surface area contributed by atoms with Gasteiger partial charge >= 0.3 is 17.9 Å². The van der Waals surface area contributed by atoms with Gasteiger partial charge in [0.15, 0.2) is 34.5 Å². The van der Waals surface area contributed by atoms with E-state index in [4.69, 9.17) is 92.7 Å². The van der Waals surface area contributed by atoms with E-state index >= 15 is 0 Å². The highest BCUT2D eigenvalue weighted by Gasteiger charge is 2.45. The van der Waals surface area contributed by atoms with Crippen LogP contribution in [0.5, 0.6) is 34.5 Å². The molecule has 0 bridgehead atoms. The Labute approximate surface area is 581 Å². The van der Waals surface area contributed by atoms with E-state index < -0.39 is 193 Å². The van der Waals surface area contributed by atoms with Gasteiger partial charge in [-0.25, -0.2) is 0 Å². The van der Waals surface area contributed by atoms with Crippen molar-refractivity contribution in [3.63, 3.8) is 0 Å². The summed E-state index contributed by atoms with van der Waals surface area (Å²) in [6.45, 7) is 3.17. The standard InChI is InChI=1S/3C24H38N2O4/c3*1-14(2)9-17-13-26-8-7-16-10-21(28-5)22(29-6)11-18(16)19(26)12-20(17)30-24(27)23(25)15(3)4/h3*10-11,14-15,17,19-20,23H,7-9,12-13,25H2,1-6H3/t3*17?,19?,20?,23-/m000/s1/i2*1D3,5D3,9D2,14D,19D,20D;1D3,9D2,14D,19D,20D/t3*14?,17?,19?,20?,23-. The number of benzene rings is 3. The van der Waals surface area contributed by atoms with Crippen molar-refractivity contribution in [2.75, 3.05) is 81.8 Å². The normalized spacial score (nSPS) is 37.8. The molecule has 3 aromatic carbocycles. The van der Waals surface area contributed by atoms with E-state index in [1.54, 1.807) is 68.4 Å². The largest absolute Gasteiger partial charge is 0.493 e. The number of carbonyl (C=O) groups excluding carboxylic acids is 3. The highest BCUT2D eigenvalue weighted by atomic mass is 16.6. The lowest BCUT2D eigenvalue weighted by Gasteiger charge is -2.47. The minimum absolute atomic E-state index is 0.0151. The van der Waals surface area contributed by atoms with Crippen LogP contribution in [0.2, 0.25) is 0 Å². The maximum absolute atomic E-state index is 13.1. The first-order chi connectivity index (χ1) is 54.1. The molecule has 6 N–H and O–H groups in total. The molecular weight excluding hydrogens is 1140 g/mol. The van der Waals surface area contributed by atoms with Crippen LogP contribution in [0, 0.1) is 53.2 Å². The smallest absolute Gasteiger partial charge is 0.323 e. The minimum atomic E-state index is -3.09. The quantitative estimate of drug-likeness (QED) is 0.0666. The summed E-state index contributed by atoms with van der Waals surface area (Å²) in [7, 11) is 0.0136. The molecule has 12 unspecified atom stereocenters. The van der Waals surface area contributed by atoms with Crippen LogP contribution in [-0.2, 0) is 47.9 Å². The molecule has 6 aliphatic rings. The molecule has 6 aliphatic heterocycles. The lowest BCUT2D eigenvalue weighted by Crippen LogP contribution is -2.51. The first kappa shape index (κ1) is 40.7. The Balaban J connectivity index is 0.000000248. The Kier molecular flexibility index (Phi) is 14.7. The second-order valence-electron chi connectivity index (χ2n) is 24.3. The number of methoxy groups -OCH3 is 6. The zero-order chi connectivity index (χ0) is 92.2. The number of hydrogen-bond donors (Lipinski definition) is 3. The molecule has 18 nitrogen and oxygen atoms in total. The maximum atomic E-state index is 13.1. The Morgan fingerprint density at radius 3 is 0.956 bits per heavy atom. The van der Waals surface area contributed by atoms with Gasteiger partial charge in [0.1, 0.15) is 36.4 Å². The van der Waals surface area contributed by atoms with E-state index in [1.807, 2.05) is 0 Å². The molecule has 6 heterocycles. The van der Waals surface area contributed by atoms with Crippen LogP contribution in [0.15, 0.2) is 36.4 Å². The fourth-order valence-corrected chi connectivity index (χ4v) is 11.7. The third-order valence-electron chi connectivity index (χ3n) is 16.9.